The van der Waals surface area contributed by atoms with E-state index >= 15 is 0 Å². The number of halogens is 1. The summed E-state index contributed by atoms with van der Waals surface area (Å²) >= 11 is 1.38. The van der Waals surface area contributed by atoms with Gasteiger partial charge in [0, 0.05) is 31.1 Å². The van der Waals surface area contributed by atoms with Crippen LogP contribution in [0.2, 0.25) is 0 Å². The van der Waals surface area contributed by atoms with Gasteiger partial charge in [0.25, 0.3) is 0 Å². The number of ketones is 1. The Bertz CT molecular complexity index is 1010. The van der Waals surface area contributed by atoms with Gasteiger partial charge in [0.15, 0.2) is 10.9 Å². The third kappa shape index (κ3) is 5.50. The normalized spacial score (nSPS) is 10.8. The molecular formula is C21H24FN5O2S. The largest absolute Gasteiger partial charge is 0.337 e. The molecule has 0 aliphatic carbocycles. The van der Waals surface area contributed by atoms with Crippen molar-refractivity contribution in [3.05, 3.63) is 53.7 Å². The van der Waals surface area contributed by atoms with Crippen molar-refractivity contribution in [1.82, 2.24) is 19.9 Å². The molecule has 3 rings (SSSR count). The van der Waals surface area contributed by atoms with Crippen LogP contribution in [-0.4, -0.2) is 39.6 Å². The van der Waals surface area contributed by atoms with Crippen LogP contribution < -0.4 is 10.6 Å². The summed E-state index contributed by atoms with van der Waals surface area (Å²) in [5, 5.41) is 6.02. The number of aryl methyl sites for hydroxylation is 2. The highest BCUT2D eigenvalue weighted by Gasteiger charge is 2.13. The molecule has 0 aliphatic heterocycles. The maximum Gasteiger partial charge on any atom is 0.321 e. The average molecular weight is 430 g/mol. The summed E-state index contributed by atoms with van der Waals surface area (Å²) in [5.74, 6) is 0.107. The van der Waals surface area contributed by atoms with Gasteiger partial charge in [-0.25, -0.2) is 19.2 Å². The first kappa shape index (κ1) is 21.6. The Morgan fingerprint density at radius 3 is 2.70 bits per heavy atom. The molecular weight excluding hydrogens is 405 g/mol. The quantitative estimate of drug-likeness (QED) is 0.498. The SMILES string of the molecule is CCC(=O)c1ccc(-c2sc(NC(=O)NCCc3cn(CCF)cn3)nc2C)cc1. The monoisotopic (exact) mass is 429 g/mol. The number of hydrogen-bond donors (Lipinski definition) is 2. The molecule has 9 heteroatoms. The Morgan fingerprint density at radius 1 is 1.23 bits per heavy atom. The van der Waals surface area contributed by atoms with Gasteiger partial charge in [0.2, 0.25) is 0 Å². The van der Waals surface area contributed by atoms with Gasteiger partial charge in [-0.3, -0.25) is 10.1 Å². The minimum absolute atomic E-state index is 0.107. The number of urea groups is 1. The molecule has 7 nitrogen and oxygen atoms in total. The van der Waals surface area contributed by atoms with Gasteiger partial charge in [0.1, 0.15) is 6.67 Å². The van der Waals surface area contributed by atoms with Gasteiger partial charge in [-0.2, -0.15) is 0 Å². The van der Waals surface area contributed by atoms with E-state index in [1.807, 2.05) is 38.1 Å². The highest BCUT2D eigenvalue weighted by molar-refractivity contribution is 7.19. The zero-order valence-electron chi connectivity index (χ0n) is 16.9. The summed E-state index contributed by atoms with van der Waals surface area (Å²) in [6.07, 6.45) is 4.38. The minimum atomic E-state index is -0.438. The first-order valence-corrected chi connectivity index (χ1v) is 10.5. The van der Waals surface area contributed by atoms with Crippen molar-refractivity contribution >= 4 is 28.3 Å². The molecule has 158 valence electrons. The molecule has 0 unspecified atom stereocenters. The van der Waals surface area contributed by atoms with Crippen molar-refractivity contribution in [2.75, 3.05) is 18.5 Å². The number of Topliss-reactive ketones (excluding diaryl/α,β-unsaturated/α-hetero) is 1. The van der Waals surface area contributed by atoms with Crippen LogP contribution in [0.25, 0.3) is 10.4 Å². The fraction of sp³-hybridized carbons (Fsp3) is 0.333. The number of carbonyl (C=O) groups excluding carboxylic acids is 2. The maximum atomic E-state index is 12.3. The van der Waals surface area contributed by atoms with E-state index in [-0.39, 0.29) is 18.4 Å². The summed E-state index contributed by atoms with van der Waals surface area (Å²) in [5.41, 5.74) is 3.25. The van der Waals surface area contributed by atoms with Gasteiger partial charge in [-0.15, -0.1) is 0 Å². The van der Waals surface area contributed by atoms with Crippen LogP contribution in [0.15, 0.2) is 36.8 Å². The number of alkyl halides is 1. The Labute approximate surface area is 178 Å². The third-order valence-electron chi connectivity index (χ3n) is 4.50. The van der Waals surface area contributed by atoms with Crippen LogP contribution in [0.1, 0.15) is 35.1 Å². The topological polar surface area (TPSA) is 88.9 Å². The van der Waals surface area contributed by atoms with E-state index in [0.29, 0.717) is 30.1 Å². The lowest BCUT2D eigenvalue weighted by Gasteiger charge is -2.04. The van der Waals surface area contributed by atoms with Crippen molar-refractivity contribution in [1.29, 1.82) is 0 Å². The zero-order chi connectivity index (χ0) is 21.5. The van der Waals surface area contributed by atoms with E-state index in [1.165, 1.54) is 11.3 Å². The third-order valence-corrected chi connectivity index (χ3v) is 5.63. The average Bonchev–Trinajstić information content (AvgIpc) is 3.34. The van der Waals surface area contributed by atoms with Crippen LogP contribution in [0, 0.1) is 6.92 Å². The molecule has 0 atom stereocenters. The number of carbonyl (C=O) groups is 2. The Kier molecular flexibility index (Phi) is 7.29. The number of nitrogens with one attached hydrogen (secondary N) is 2. The molecule has 0 radical (unpaired) electrons. The van der Waals surface area contributed by atoms with Crippen molar-refractivity contribution in [2.24, 2.45) is 0 Å². The number of nitrogens with zero attached hydrogens (tertiary/aromatic N) is 3. The van der Waals surface area contributed by atoms with E-state index in [0.717, 1.165) is 21.8 Å². The van der Waals surface area contributed by atoms with E-state index in [2.05, 4.69) is 20.6 Å². The maximum absolute atomic E-state index is 12.3. The van der Waals surface area contributed by atoms with Gasteiger partial charge < -0.3 is 9.88 Å². The van der Waals surface area contributed by atoms with Crippen molar-refractivity contribution in [2.45, 2.75) is 33.2 Å². The Hall–Kier alpha value is -3.07. The lowest BCUT2D eigenvalue weighted by Crippen LogP contribution is -2.30. The number of rotatable bonds is 9. The molecule has 0 aliphatic rings. The van der Waals surface area contributed by atoms with Crippen molar-refractivity contribution in [3.63, 3.8) is 0 Å². The molecule has 0 saturated carbocycles. The first-order valence-electron chi connectivity index (χ1n) is 9.72. The summed E-state index contributed by atoms with van der Waals surface area (Å²) < 4.78 is 14.0. The van der Waals surface area contributed by atoms with Gasteiger partial charge in [0.05, 0.1) is 29.1 Å². The number of aromatic nitrogens is 3. The summed E-state index contributed by atoms with van der Waals surface area (Å²) in [4.78, 5) is 33.5. The number of imidazole rings is 1. The molecule has 2 heterocycles. The summed E-state index contributed by atoms with van der Waals surface area (Å²) in [7, 11) is 0. The second-order valence-corrected chi connectivity index (χ2v) is 7.71. The fourth-order valence-corrected chi connectivity index (χ4v) is 3.90. The van der Waals surface area contributed by atoms with E-state index < -0.39 is 6.67 Å². The number of anilines is 1. The highest BCUT2D eigenvalue weighted by atomic mass is 32.1. The number of amides is 2. The molecule has 2 N–H and O–H groups in total. The minimum Gasteiger partial charge on any atom is -0.337 e. The van der Waals surface area contributed by atoms with Crippen LogP contribution >= 0.6 is 11.3 Å². The molecule has 3 aromatic rings. The van der Waals surface area contributed by atoms with Crippen molar-refractivity contribution < 1.29 is 14.0 Å². The number of hydrogen-bond acceptors (Lipinski definition) is 5. The summed E-state index contributed by atoms with van der Waals surface area (Å²) in [6.45, 7) is 3.97. The Balaban J connectivity index is 1.54. The van der Waals surface area contributed by atoms with Crippen LogP contribution in [-0.2, 0) is 13.0 Å². The molecule has 1 aromatic carbocycles. The lowest BCUT2D eigenvalue weighted by atomic mass is 10.1. The molecule has 0 bridgehead atoms. The number of benzene rings is 1. The Morgan fingerprint density at radius 2 is 2.00 bits per heavy atom. The van der Waals surface area contributed by atoms with Crippen molar-refractivity contribution in [3.8, 4) is 10.4 Å². The molecule has 0 saturated heterocycles. The molecule has 2 aromatic heterocycles. The molecule has 0 spiro atoms. The van der Waals surface area contributed by atoms with E-state index in [9.17, 15) is 14.0 Å². The predicted molar refractivity (Wildman–Crippen MR) is 116 cm³/mol. The zero-order valence-corrected chi connectivity index (χ0v) is 17.8. The van der Waals surface area contributed by atoms with Crippen LogP contribution in [0.4, 0.5) is 14.3 Å². The fourth-order valence-electron chi connectivity index (χ4n) is 2.93. The molecule has 0 fully saturated rings. The van der Waals surface area contributed by atoms with E-state index in [1.54, 1.807) is 17.1 Å². The standard InChI is InChI=1S/C21H24FN5O2S/c1-3-18(28)15-4-6-16(7-5-15)19-14(2)25-21(30-19)26-20(29)23-10-8-17-12-27(11-9-22)13-24-17/h4-7,12-13H,3,8-11H2,1-2H3,(H2,23,25,26,29). The predicted octanol–water partition coefficient (Wildman–Crippen LogP) is 4.24. The highest BCUT2D eigenvalue weighted by Crippen LogP contribution is 2.32. The first-order chi connectivity index (χ1) is 14.5. The molecule has 2 amide bonds. The van der Waals surface area contributed by atoms with Gasteiger partial charge in [-0.1, -0.05) is 42.5 Å². The van der Waals surface area contributed by atoms with Crippen LogP contribution in [0.3, 0.4) is 0 Å². The van der Waals surface area contributed by atoms with Gasteiger partial charge in [-0.05, 0) is 12.5 Å². The van der Waals surface area contributed by atoms with Gasteiger partial charge >= 0.3 is 6.03 Å². The smallest absolute Gasteiger partial charge is 0.321 e. The summed E-state index contributed by atoms with van der Waals surface area (Å²) in [6, 6.07) is 7.08. The second-order valence-electron chi connectivity index (χ2n) is 6.71. The van der Waals surface area contributed by atoms with Crippen LogP contribution in [0.5, 0.6) is 0 Å². The van der Waals surface area contributed by atoms with E-state index in [4.69, 9.17) is 0 Å². The molecule has 30 heavy (non-hydrogen) atoms. The number of thiazole rings is 1. The second kappa shape index (κ2) is 10.1. The lowest BCUT2D eigenvalue weighted by molar-refractivity contribution is 0.0988.